The summed E-state index contributed by atoms with van der Waals surface area (Å²) in [5.74, 6) is 0.295. The fourth-order valence-corrected chi connectivity index (χ4v) is 3.03. The number of rotatable bonds is 3. The number of likely N-dealkylation sites (tertiary alicyclic amines) is 1. The molecular formula is C17H19NO3. The van der Waals surface area contributed by atoms with Gasteiger partial charge in [0, 0.05) is 25.1 Å². The van der Waals surface area contributed by atoms with Crippen molar-refractivity contribution in [3.05, 3.63) is 42.0 Å². The van der Waals surface area contributed by atoms with Gasteiger partial charge in [-0.25, -0.2) is 0 Å². The van der Waals surface area contributed by atoms with Gasteiger partial charge in [-0.2, -0.15) is 0 Å². The van der Waals surface area contributed by atoms with Crippen molar-refractivity contribution in [3.63, 3.8) is 0 Å². The number of nitrogens with zero attached hydrogens (tertiary/aromatic N) is 1. The maximum absolute atomic E-state index is 12.6. The zero-order valence-corrected chi connectivity index (χ0v) is 11.8. The molecule has 2 aromatic carbocycles. The molecule has 2 aromatic rings. The van der Waals surface area contributed by atoms with E-state index in [0.717, 1.165) is 18.2 Å². The molecule has 4 heteroatoms. The number of aliphatic hydroxyl groups excluding tert-OH is 1. The maximum atomic E-state index is 12.6. The minimum atomic E-state index is -0.126. The molecule has 1 saturated heterocycles. The summed E-state index contributed by atoms with van der Waals surface area (Å²) in [6, 6.07) is 11.0. The van der Waals surface area contributed by atoms with E-state index in [4.69, 9.17) is 5.11 Å². The highest BCUT2D eigenvalue weighted by atomic mass is 16.3. The van der Waals surface area contributed by atoms with Crippen molar-refractivity contribution < 1.29 is 15.0 Å². The van der Waals surface area contributed by atoms with Crippen LogP contribution in [0.25, 0.3) is 10.8 Å². The third-order valence-electron chi connectivity index (χ3n) is 4.24. The fraction of sp³-hybridized carbons (Fsp3) is 0.353. The van der Waals surface area contributed by atoms with Crippen molar-refractivity contribution in [3.8, 4) is 5.75 Å². The third kappa shape index (κ3) is 2.59. The van der Waals surface area contributed by atoms with Crippen LogP contribution in [0.2, 0.25) is 0 Å². The van der Waals surface area contributed by atoms with E-state index in [1.165, 1.54) is 0 Å². The second kappa shape index (κ2) is 5.74. The van der Waals surface area contributed by atoms with Gasteiger partial charge in [-0.05, 0) is 30.2 Å². The van der Waals surface area contributed by atoms with Gasteiger partial charge in [-0.3, -0.25) is 4.79 Å². The Hall–Kier alpha value is -2.07. The van der Waals surface area contributed by atoms with Crippen molar-refractivity contribution in [2.75, 3.05) is 19.7 Å². The van der Waals surface area contributed by atoms with Crippen LogP contribution in [0.3, 0.4) is 0 Å². The molecule has 2 N–H and O–H groups in total. The summed E-state index contributed by atoms with van der Waals surface area (Å²) < 4.78 is 0. The van der Waals surface area contributed by atoms with E-state index < -0.39 is 0 Å². The maximum Gasteiger partial charge on any atom is 0.257 e. The first-order valence-corrected chi connectivity index (χ1v) is 7.31. The van der Waals surface area contributed by atoms with Gasteiger partial charge < -0.3 is 15.1 Å². The number of phenols is 1. The van der Waals surface area contributed by atoms with Crippen LogP contribution in [0.4, 0.5) is 0 Å². The average Bonchev–Trinajstić information content (AvgIpc) is 2.96. The molecule has 0 aliphatic carbocycles. The second-order valence-corrected chi connectivity index (χ2v) is 5.60. The molecule has 1 atom stereocenters. The van der Waals surface area contributed by atoms with Crippen LogP contribution in [-0.4, -0.2) is 40.7 Å². The van der Waals surface area contributed by atoms with E-state index in [9.17, 15) is 9.90 Å². The van der Waals surface area contributed by atoms with Crippen molar-refractivity contribution in [1.82, 2.24) is 4.90 Å². The quantitative estimate of drug-likeness (QED) is 0.910. The minimum absolute atomic E-state index is 0.0590. The molecule has 110 valence electrons. The van der Waals surface area contributed by atoms with Gasteiger partial charge in [0.05, 0.1) is 5.56 Å². The Morgan fingerprint density at radius 1 is 1.24 bits per heavy atom. The monoisotopic (exact) mass is 285 g/mol. The molecule has 21 heavy (non-hydrogen) atoms. The van der Waals surface area contributed by atoms with Gasteiger partial charge in [-0.15, -0.1) is 0 Å². The lowest BCUT2D eigenvalue weighted by Crippen LogP contribution is -2.28. The summed E-state index contributed by atoms with van der Waals surface area (Å²) in [6.07, 6.45) is 1.65. The van der Waals surface area contributed by atoms with Crippen LogP contribution in [0.15, 0.2) is 36.4 Å². The first-order chi connectivity index (χ1) is 10.2. The molecule has 0 spiro atoms. The van der Waals surface area contributed by atoms with Gasteiger partial charge >= 0.3 is 0 Å². The Labute approximate surface area is 123 Å². The minimum Gasteiger partial charge on any atom is -0.506 e. The predicted octanol–water partition coefficient (Wildman–Crippen LogP) is 2.39. The Kier molecular flexibility index (Phi) is 3.80. The van der Waals surface area contributed by atoms with Crippen molar-refractivity contribution in [2.45, 2.75) is 12.8 Å². The Balaban J connectivity index is 1.87. The molecule has 1 aliphatic rings. The Bertz CT molecular complexity index is 668. The van der Waals surface area contributed by atoms with Crippen LogP contribution in [-0.2, 0) is 0 Å². The smallest absolute Gasteiger partial charge is 0.257 e. The number of benzene rings is 2. The summed E-state index contributed by atoms with van der Waals surface area (Å²) in [5.41, 5.74) is 0.360. The van der Waals surface area contributed by atoms with E-state index >= 15 is 0 Å². The zero-order valence-electron chi connectivity index (χ0n) is 11.8. The van der Waals surface area contributed by atoms with Crippen LogP contribution < -0.4 is 0 Å². The van der Waals surface area contributed by atoms with Crippen LogP contribution >= 0.6 is 0 Å². The molecular weight excluding hydrogens is 266 g/mol. The molecule has 4 nitrogen and oxygen atoms in total. The molecule has 1 heterocycles. The van der Waals surface area contributed by atoms with Crippen molar-refractivity contribution >= 4 is 16.7 Å². The number of phenolic OH excluding ortho intramolecular Hbond substituents is 1. The molecule has 0 radical (unpaired) electrons. The molecule has 1 aliphatic heterocycles. The van der Waals surface area contributed by atoms with E-state index in [1.807, 2.05) is 30.3 Å². The fourth-order valence-electron chi connectivity index (χ4n) is 3.03. The molecule has 1 amide bonds. The highest BCUT2D eigenvalue weighted by Gasteiger charge is 2.28. The zero-order chi connectivity index (χ0) is 14.8. The molecule has 0 aromatic heterocycles. The number of carbonyl (C=O) groups excluding carboxylic acids is 1. The number of hydrogen-bond donors (Lipinski definition) is 2. The Morgan fingerprint density at radius 3 is 2.86 bits per heavy atom. The second-order valence-electron chi connectivity index (χ2n) is 5.60. The molecule has 3 rings (SSSR count). The molecule has 0 saturated carbocycles. The van der Waals surface area contributed by atoms with E-state index in [2.05, 4.69) is 0 Å². The highest BCUT2D eigenvalue weighted by molar-refractivity contribution is 6.03. The van der Waals surface area contributed by atoms with Gasteiger partial charge in [-0.1, -0.05) is 30.3 Å². The number of aliphatic hydroxyl groups is 1. The number of fused-ring (bicyclic) bond motifs is 1. The van der Waals surface area contributed by atoms with Crippen LogP contribution in [0.5, 0.6) is 5.75 Å². The lowest BCUT2D eigenvalue weighted by atomic mass is 10.0. The summed E-state index contributed by atoms with van der Waals surface area (Å²) in [4.78, 5) is 14.3. The number of carbonyl (C=O) groups is 1. The molecule has 0 bridgehead atoms. The number of hydrogen-bond acceptors (Lipinski definition) is 3. The van der Waals surface area contributed by atoms with Crippen LogP contribution in [0, 0.1) is 5.92 Å². The van der Waals surface area contributed by atoms with Gasteiger partial charge in [0.1, 0.15) is 5.75 Å². The third-order valence-corrected chi connectivity index (χ3v) is 4.24. The standard InChI is InChI=1S/C17H19NO3/c19-10-8-12-7-9-18(11-12)17(21)15-6-5-13-3-1-2-4-14(13)16(15)20/h1-6,12,19-20H,7-11H2. The number of amides is 1. The normalized spacial score (nSPS) is 18.3. The van der Waals surface area contributed by atoms with Crippen molar-refractivity contribution in [1.29, 1.82) is 0 Å². The predicted molar refractivity (Wildman–Crippen MR) is 81.3 cm³/mol. The Morgan fingerprint density at radius 2 is 2.05 bits per heavy atom. The van der Waals surface area contributed by atoms with E-state index in [-0.39, 0.29) is 18.3 Å². The van der Waals surface area contributed by atoms with Gasteiger partial charge in [0.15, 0.2) is 0 Å². The summed E-state index contributed by atoms with van der Waals surface area (Å²) >= 11 is 0. The van der Waals surface area contributed by atoms with E-state index in [0.29, 0.717) is 30.0 Å². The lowest BCUT2D eigenvalue weighted by molar-refractivity contribution is 0.0782. The largest absolute Gasteiger partial charge is 0.506 e. The average molecular weight is 285 g/mol. The van der Waals surface area contributed by atoms with Crippen LogP contribution in [0.1, 0.15) is 23.2 Å². The summed E-state index contributed by atoms with van der Waals surface area (Å²) in [7, 11) is 0. The van der Waals surface area contributed by atoms with Gasteiger partial charge in [0.25, 0.3) is 5.91 Å². The lowest BCUT2D eigenvalue weighted by Gasteiger charge is -2.17. The molecule has 1 unspecified atom stereocenters. The number of aromatic hydroxyl groups is 1. The topological polar surface area (TPSA) is 60.8 Å². The summed E-state index contributed by atoms with van der Waals surface area (Å²) in [5, 5.41) is 21.0. The van der Waals surface area contributed by atoms with Gasteiger partial charge in [0.2, 0.25) is 0 Å². The summed E-state index contributed by atoms with van der Waals surface area (Å²) in [6.45, 7) is 1.51. The molecule has 1 fully saturated rings. The SMILES string of the molecule is O=C(c1ccc2ccccc2c1O)N1CCC(CCO)C1. The van der Waals surface area contributed by atoms with Crippen molar-refractivity contribution in [2.24, 2.45) is 5.92 Å². The first kappa shape index (κ1) is 13.9. The van der Waals surface area contributed by atoms with E-state index in [1.54, 1.807) is 11.0 Å². The highest BCUT2D eigenvalue weighted by Crippen LogP contribution is 2.31. The first-order valence-electron chi connectivity index (χ1n) is 7.31.